The van der Waals surface area contributed by atoms with Crippen molar-refractivity contribution in [2.45, 2.75) is 18.6 Å². The van der Waals surface area contributed by atoms with Crippen LogP contribution in [0.5, 0.6) is 0 Å². The fourth-order valence-electron chi connectivity index (χ4n) is 2.22. The number of thioether (sulfide) groups is 1. The van der Waals surface area contributed by atoms with Crippen molar-refractivity contribution >= 4 is 11.8 Å². The minimum Gasteiger partial charge on any atom is -0.469 e. The fourth-order valence-corrected chi connectivity index (χ4v) is 2.82. The third-order valence-corrected chi connectivity index (χ3v) is 4.10. The number of furan rings is 1. The molecule has 0 saturated heterocycles. The second-order valence-corrected chi connectivity index (χ2v) is 5.66. The summed E-state index contributed by atoms with van der Waals surface area (Å²) in [5.41, 5.74) is 2.08. The molecule has 0 bridgehead atoms. The third-order valence-electron chi connectivity index (χ3n) is 3.27. The van der Waals surface area contributed by atoms with Crippen molar-refractivity contribution in [2.75, 3.05) is 5.75 Å². The summed E-state index contributed by atoms with van der Waals surface area (Å²) < 4.78 is 7.40. The SMILES string of the molecule is Cc1occc1-c1nnc(SCC#N)n1Cc1ccccc1. The average molecular weight is 310 g/mol. The highest BCUT2D eigenvalue weighted by molar-refractivity contribution is 7.99. The summed E-state index contributed by atoms with van der Waals surface area (Å²) in [5, 5.41) is 18.1. The molecule has 3 rings (SSSR count). The smallest absolute Gasteiger partial charge is 0.192 e. The molecule has 0 radical (unpaired) electrons. The number of aryl methyl sites for hydroxylation is 1. The molecule has 0 atom stereocenters. The molecule has 110 valence electrons. The van der Waals surface area contributed by atoms with E-state index in [0.29, 0.717) is 12.3 Å². The maximum absolute atomic E-state index is 8.80. The molecular formula is C16H14N4OS. The second kappa shape index (κ2) is 6.50. The number of nitriles is 1. The molecule has 2 heterocycles. The van der Waals surface area contributed by atoms with Crippen LogP contribution in [-0.2, 0) is 6.54 Å². The summed E-state index contributed by atoms with van der Waals surface area (Å²) in [6.07, 6.45) is 1.65. The molecule has 2 aromatic heterocycles. The maximum atomic E-state index is 8.80. The number of aromatic nitrogens is 3. The van der Waals surface area contributed by atoms with E-state index in [2.05, 4.69) is 28.4 Å². The Morgan fingerprint density at radius 3 is 2.73 bits per heavy atom. The van der Waals surface area contributed by atoms with Crippen LogP contribution in [0.1, 0.15) is 11.3 Å². The molecular weight excluding hydrogens is 296 g/mol. The van der Waals surface area contributed by atoms with Gasteiger partial charge in [0.15, 0.2) is 11.0 Å². The van der Waals surface area contributed by atoms with Gasteiger partial charge in [0.25, 0.3) is 0 Å². The second-order valence-electron chi connectivity index (χ2n) is 4.72. The largest absolute Gasteiger partial charge is 0.469 e. The van der Waals surface area contributed by atoms with E-state index < -0.39 is 0 Å². The van der Waals surface area contributed by atoms with E-state index in [1.54, 1.807) is 6.26 Å². The Labute approximate surface area is 132 Å². The molecule has 0 aliphatic carbocycles. The maximum Gasteiger partial charge on any atom is 0.192 e. The van der Waals surface area contributed by atoms with Gasteiger partial charge in [0.1, 0.15) is 5.76 Å². The first-order valence-electron chi connectivity index (χ1n) is 6.81. The minimum atomic E-state index is 0.345. The first-order chi connectivity index (χ1) is 10.8. The predicted octanol–water partition coefficient (Wildman–Crippen LogP) is 3.51. The Hall–Kier alpha value is -2.52. The van der Waals surface area contributed by atoms with E-state index in [9.17, 15) is 0 Å². The lowest BCUT2D eigenvalue weighted by Crippen LogP contribution is -2.04. The molecule has 0 spiro atoms. The van der Waals surface area contributed by atoms with Gasteiger partial charge in [0.05, 0.1) is 30.2 Å². The van der Waals surface area contributed by atoms with Crippen molar-refractivity contribution < 1.29 is 4.42 Å². The van der Waals surface area contributed by atoms with Crippen LogP contribution >= 0.6 is 11.8 Å². The van der Waals surface area contributed by atoms with E-state index in [1.165, 1.54) is 11.8 Å². The topological polar surface area (TPSA) is 67.6 Å². The minimum absolute atomic E-state index is 0.345. The Balaban J connectivity index is 2.02. The van der Waals surface area contributed by atoms with Crippen LogP contribution in [0.25, 0.3) is 11.4 Å². The Morgan fingerprint density at radius 1 is 1.23 bits per heavy atom. The van der Waals surface area contributed by atoms with Crippen LogP contribution in [0.15, 0.2) is 52.2 Å². The summed E-state index contributed by atoms with van der Waals surface area (Å²) in [6, 6.07) is 14.1. The zero-order valence-electron chi connectivity index (χ0n) is 12.1. The van der Waals surface area contributed by atoms with E-state index in [4.69, 9.17) is 9.68 Å². The van der Waals surface area contributed by atoms with Gasteiger partial charge in [-0.3, -0.25) is 4.57 Å². The Bertz CT molecular complexity index is 801. The van der Waals surface area contributed by atoms with E-state index in [0.717, 1.165) is 27.9 Å². The lowest BCUT2D eigenvalue weighted by molar-refractivity contribution is 0.534. The van der Waals surface area contributed by atoms with Gasteiger partial charge in [0, 0.05) is 0 Å². The van der Waals surface area contributed by atoms with Crippen molar-refractivity contribution in [3.8, 4) is 17.5 Å². The van der Waals surface area contributed by atoms with Crippen LogP contribution in [0, 0.1) is 18.3 Å². The quantitative estimate of drug-likeness (QED) is 0.675. The monoisotopic (exact) mass is 310 g/mol. The summed E-state index contributed by atoms with van der Waals surface area (Å²) in [4.78, 5) is 0. The van der Waals surface area contributed by atoms with Gasteiger partial charge in [-0.2, -0.15) is 5.26 Å². The third kappa shape index (κ3) is 2.90. The summed E-state index contributed by atoms with van der Waals surface area (Å²) in [6.45, 7) is 2.56. The number of hydrogen-bond acceptors (Lipinski definition) is 5. The molecule has 5 nitrogen and oxygen atoms in total. The number of benzene rings is 1. The zero-order valence-corrected chi connectivity index (χ0v) is 12.9. The number of rotatable bonds is 5. The van der Waals surface area contributed by atoms with Gasteiger partial charge in [-0.25, -0.2) is 0 Å². The average Bonchev–Trinajstić information content (AvgIpc) is 3.12. The van der Waals surface area contributed by atoms with Gasteiger partial charge in [-0.1, -0.05) is 42.1 Å². The molecule has 1 aromatic carbocycles. The van der Waals surface area contributed by atoms with Crippen molar-refractivity contribution in [2.24, 2.45) is 0 Å². The van der Waals surface area contributed by atoms with Crippen LogP contribution < -0.4 is 0 Å². The van der Waals surface area contributed by atoms with E-state index in [1.807, 2.05) is 35.8 Å². The molecule has 0 amide bonds. The van der Waals surface area contributed by atoms with Crippen LogP contribution in [-0.4, -0.2) is 20.5 Å². The highest BCUT2D eigenvalue weighted by atomic mass is 32.2. The lowest BCUT2D eigenvalue weighted by atomic mass is 10.2. The molecule has 3 aromatic rings. The standard InChI is InChI=1S/C16H14N4OS/c1-12-14(7-9-21-12)15-18-19-16(22-10-8-17)20(15)11-13-5-3-2-4-6-13/h2-7,9H,10-11H2,1H3. The predicted molar refractivity (Wildman–Crippen MR) is 84.3 cm³/mol. The van der Waals surface area contributed by atoms with E-state index >= 15 is 0 Å². The van der Waals surface area contributed by atoms with E-state index in [-0.39, 0.29) is 0 Å². The summed E-state index contributed by atoms with van der Waals surface area (Å²) in [5.74, 6) is 1.91. The van der Waals surface area contributed by atoms with Crippen LogP contribution in [0.3, 0.4) is 0 Å². The molecule has 0 aliphatic heterocycles. The highest BCUT2D eigenvalue weighted by Gasteiger charge is 2.17. The van der Waals surface area contributed by atoms with Gasteiger partial charge in [-0.15, -0.1) is 10.2 Å². The molecule has 0 fully saturated rings. The Kier molecular flexibility index (Phi) is 4.26. The van der Waals surface area contributed by atoms with Gasteiger partial charge < -0.3 is 4.42 Å². The normalized spacial score (nSPS) is 10.5. The lowest BCUT2D eigenvalue weighted by Gasteiger charge is -2.09. The summed E-state index contributed by atoms with van der Waals surface area (Å²) >= 11 is 1.39. The van der Waals surface area contributed by atoms with Crippen molar-refractivity contribution in [1.82, 2.24) is 14.8 Å². The van der Waals surface area contributed by atoms with Crippen molar-refractivity contribution in [3.05, 3.63) is 54.0 Å². The Morgan fingerprint density at radius 2 is 2.05 bits per heavy atom. The van der Waals surface area contributed by atoms with Gasteiger partial charge in [-0.05, 0) is 18.6 Å². The molecule has 0 aliphatic rings. The first kappa shape index (κ1) is 14.4. The summed E-state index contributed by atoms with van der Waals surface area (Å²) in [7, 11) is 0. The van der Waals surface area contributed by atoms with Gasteiger partial charge >= 0.3 is 0 Å². The number of hydrogen-bond donors (Lipinski definition) is 0. The highest BCUT2D eigenvalue weighted by Crippen LogP contribution is 2.27. The first-order valence-corrected chi connectivity index (χ1v) is 7.79. The number of nitrogens with zero attached hydrogens (tertiary/aromatic N) is 4. The van der Waals surface area contributed by atoms with Crippen molar-refractivity contribution in [1.29, 1.82) is 5.26 Å². The molecule has 0 unspecified atom stereocenters. The molecule has 0 N–H and O–H groups in total. The molecule has 6 heteroatoms. The van der Waals surface area contributed by atoms with Crippen molar-refractivity contribution in [3.63, 3.8) is 0 Å². The zero-order chi connectivity index (χ0) is 15.4. The molecule has 0 saturated carbocycles. The van der Waals surface area contributed by atoms with Gasteiger partial charge in [0.2, 0.25) is 0 Å². The van der Waals surface area contributed by atoms with Crippen LogP contribution in [0.2, 0.25) is 0 Å². The fraction of sp³-hybridized carbons (Fsp3) is 0.188. The molecule has 22 heavy (non-hydrogen) atoms. The van der Waals surface area contributed by atoms with Crippen LogP contribution in [0.4, 0.5) is 0 Å².